The molecule has 0 fully saturated rings. The molecule has 0 spiro atoms. The topological polar surface area (TPSA) is 61.2 Å². The average molecular weight is 353 g/mol. The van der Waals surface area contributed by atoms with E-state index in [1.807, 2.05) is 0 Å². The molecule has 0 radical (unpaired) electrons. The Bertz CT molecular complexity index is 790. The maximum absolute atomic E-state index is 13.2. The van der Waals surface area contributed by atoms with Gasteiger partial charge in [-0.3, -0.25) is 0 Å². The summed E-state index contributed by atoms with van der Waals surface area (Å²) in [6, 6.07) is 3.97. The highest BCUT2D eigenvalue weighted by Crippen LogP contribution is 2.31. The fourth-order valence-corrected chi connectivity index (χ4v) is 3.73. The van der Waals surface area contributed by atoms with Crippen LogP contribution in [0.1, 0.15) is 11.3 Å². The number of rotatable bonds is 4. The van der Waals surface area contributed by atoms with Crippen LogP contribution in [0.5, 0.6) is 0 Å². The number of aryl methyl sites for hydroxylation is 1. The van der Waals surface area contributed by atoms with Gasteiger partial charge in [0.1, 0.15) is 16.4 Å². The van der Waals surface area contributed by atoms with Gasteiger partial charge in [0.05, 0.1) is 12.3 Å². The molecule has 1 aromatic heterocycles. The molecule has 2 aromatic rings. The van der Waals surface area contributed by atoms with Crippen molar-refractivity contribution in [3.05, 3.63) is 40.4 Å². The van der Waals surface area contributed by atoms with Crippen molar-refractivity contribution in [2.45, 2.75) is 18.4 Å². The summed E-state index contributed by atoms with van der Waals surface area (Å²) in [5, 5.41) is 3.93. The second-order valence-corrected chi connectivity index (χ2v) is 7.14. The van der Waals surface area contributed by atoms with Crippen molar-refractivity contribution in [2.24, 2.45) is 0 Å². The monoisotopic (exact) mass is 352 g/mol. The smallest absolute Gasteiger partial charge is 0.266 e. The number of benzene rings is 1. The van der Waals surface area contributed by atoms with Crippen LogP contribution in [-0.4, -0.2) is 25.3 Å². The predicted molar refractivity (Wildman–Crippen MR) is 77.0 cm³/mol. The molecule has 0 saturated carbocycles. The molecule has 0 aliphatic rings. The van der Waals surface area contributed by atoms with E-state index in [-0.39, 0.29) is 22.3 Å². The van der Waals surface area contributed by atoms with Gasteiger partial charge in [-0.05, 0) is 30.7 Å². The van der Waals surface area contributed by atoms with E-state index in [0.29, 0.717) is 11.3 Å². The summed E-state index contributed by atoms with van der Waals surface area (Å²) in [6.45, 7) is 1.58. The molecule has 1 heterocycles. The molecule has 0 aliphatic carbocycles. The molecular weight excluding hydrogens is 342 g/mol. The molecule has 0 amide bonds. The minimum Gasteiger partial charge on any atom is -0.378 e. The predicted octanol–water partition coefficient (Wildman–Crippen LogP) is 3.05. The number of methoxy groups -OCH3 is 1. The zero-order chi connectivity index (χ0) is 15.8. The average Bonchev–Trinajstić information content (AvgIpc) is 2.66. The lowest BCUT2D eigenvalue weighted by Gasteiger charge is -2.07. The molecule has 0 saturated heterocycles. The number of nitrogens with zero attached hydrogens (tertiary/aromatic N) is 2. The van der Waals surface area contributed by atoms with E-state index in [4.69, 9.17) is 27.0 Å². The largest absolute Gasteiger partial charge is 0.378 e. The van der Waals surface area contributed by atoms with E-state index in [1.165, 1.54) is 30.0 Å². The Labute approximate surface area is 130 Å². The molecule has 5 nitrogen and oxygen atoms in total. The first kappa shape index (κ1) is 16.2. The molecule has 9 heteroatoms. The normalized spacial score (nSPS) is 11.9. The summed E-state index contributed by atoms with van der Waals surface area (Å²) < 4.78 is 42.5. The van der Waals surface area contributed by atoms with E-state index in [1.54, 1.807) is 6.92 Å². The molecule has 0 aliphatic heterocycles. The first-order valence-corrected chi connectivity index (χ1v) is 8.42. The SMILES string of the molecule is COCc1nn(-c2ccc(F)cc2C)c(Cl)c1S(=O)(=O)Cl. The summed E-state index contributed by atoms with van der Waals surface area (Å²) >= 11 is 6.08. The van der Waals surface area contributed by atoms with Crippen molar-refractivity contribution in [2.75, 3.05) is 7.11 Å². The molecule has 0 bridgehead atoms. The van der Waals surface area contributed by atoms with Crippen LogP contribution in [0.25, 0.3) is 5.69 Å². The first-order chi connectivity index (χ1) is 9.75. The Kier molecular flexibility index (Phi) is 4.57. The van der Waals surface area contributed by atoms with Crippen molar-refractivity contribution in [1.29, 1.82) is 0 Å². The van der Waals surface area contributed by atoms with Gasteiger partial charge in [0.25, 0.3) is 9.05 Å². The molecule has 0 unspecified atom stereocenters. The maximum atomic E-state index is 13.2. The lowest BCUT2D eigenvalue weighted by molar-refractivity contribution is 0.179. The van der Waals surface area contributed by atoms with Gasteiger partial charge in [-0.1, -0.05) is 11.6 Å². The van der Waals surface area contributed by atoms with Crippen LogP contribution < -0.4 is 0 Å². The van der Waals surface area contributed by atoms with E-state index < -0.39 is 14.9 Å². The fourth-order valence-electron chi connectivity index (χ4n) is 1.91. The molecule has 0 N–H and O–H groups in total. The minimum absolute atomic E-state index is 0.0752. The summed E-state index contributed by atoms with van der Waals surface area (Å²) in [5.74, 6) is -0.415. The van der Waals surface area contributed by atoms with Crippen LogP contribution in [0.3, 0.4) is 0 Å². The van der Waals surface area contributed by atoms with Crippen LogP contribution in [-0.2, 0) is 20.4 Å². The Morgan fingerprint density at radius 1 is 1.43 bits per heavy atom. The van der Waals surface area contributed by atoms with Gasteiger partial charge in [-0.25, -0.2) is 17.5 Å². The minimum atomic E-state index is -4.09. The molecule has 2 rings (SSSR count). The Hall–Kier alpha value is -1.15. The van der Waals surface area contributed by atoms with E-state index in [2.05, 4.69) is 5.10 Å². The Morgan fingerprint density at radius 3 is 2.62 bits per heavy atom. The molecule has 0 atom stereocenters. The van der Waals surface area contributed by atoms with Crippen LogP contribution >= 0.6 is 22.3 Å². The second kappa shape index (κ2) is 5.92. The van der Waals surface area contributed by atoms with Crippen molar-refractivity contribution >= 4 is 31.3 Å². The van der Waals surface area contributed by atoms with Crippen LogP contribution in [0.4, 0.5) is 4.39 Å². The molecule has 1 aromatic carbocycles. The van der Waals surface area contributed by atoms with E-state index >= 15 is 0 Å². The molecular formula is C12H11Cl2FN2O3S. The van der Waals surface area contributed by atoms with Gasteiger partial charge < -0.3 is 4.74 Å². The Morgan fingerprint density at radius 2 is 2.10 bits per heavy atom. The highest BCUT2D eigenvalue weighted by molar-refractivity contribution is 8.13. The van der Waals surface area contributed by atoms with Crippen LogP contribution in [0, 0.1) is 12.7 Å². The standard InChI is InChI=1S/C12H11Cl2FN2O3S/c1-7-5-8(15)3-4-10(7)17-12(13)11(21(14,18)19)9(16-17)6-20-2/h3-5H,6H2,1-2H3. The number of hydrogen-bond acceptors (Lipinski definition) is 4. The van der Waals surface area contributed by atoms with Gasteiger partial charge in [-0.2, -0.15) is 5.10 Å². The van der Waals surface area contributed by atoms with Gasteiger partial charge in [0, 0.05) is 17.8 Å². The highest BCUT2D eigenvalue weighted by Gasteiger charge is 2.27. The number of aromatic nitrogens is 2. The van der Waals surface area contributed by atoms with Crippen molar-refractivity contribution < 1.29 is 17.5 Å². The second-order valence-electron chi connectivity index (χ2n) is 4.28. The summed E-state index contributed by atoms with van der Waals surface area (Å²) in [4.78, 5) is -0.309. The lowest BCUT2D eigenvalue weighted by atomic mass is 10.2. The van der Waals surface area contributed by atoms with Crippen molar-refractivity contribution in [1.82, 2.24) is 9.78 Å². The zero-order valence-corrected chi connectivity index (χ0v) is 13.4. The third kappa shape index (κ3) is 3.21. The van der Waals surface area contributed by atoms with Crippen molar-refractivity contribution in [3.8, 4) is 5.69 Å². The Balaban J connectivity index is 2.71. The van der Waals surface area contributed by atoms with Gasteiger partial charge >= 0.3 is 0 Å². The number of hydrogen-bond donors (Lipinski definition) is 0. The lowest BCUT2D eigenvalue weighted by Crippen LogP contribution is -2.01. The summed E-state index contributed by atoms with van der Waals surface area (Å²) in [5.41, 5.74) is 1.08. The third-order valence-electron chi connectivity index (χ3n) is 2.77. The number of halogens is 3. The molecule has 114 valence electrons. The number of ether oxygens (including phenoxy) is 1. The van der Waals surface area contributed by atoms with Crippen molar-refractivity contribution in [3.63, 3.8) is 0 Å². The zero-order valence-electron chi connectivity index (χ0n) is 11.1. The summed E-state index contributed by atoms with van der Waals surface area (Å²) in [7, 11) is 2.69. The van der Waals surface area contributed by atoms with E-state index in [9.17, 15) is 12.8 Å². The van der Waals surface area contributed by atoms with Crippen LogP contribution in [0.2, 0.25) is 5.15 Å². The quantitative estimate of drug-likeness (QED) is 0.793. The molecule has 21 heavy (non-hydrogen) atoms. The highest BCUT2D eigenvalue weighted by atomic mass is 35.7. The fraction of sp³-hybridized carbons (Fsp3) is 0.250. The van der Waals surface area contributed by atoms with E-state index in [0.717, 1.165) is 0 Å². The van der Waals surface area contributed by atoms with Crippen LogP contribution in [0.15, 0.2) is 23.1 Å². The summed E-state index contributed by atoms with van der Waals surface area (Å²) in [6.07, 6.45) is 0. The first-order valence-electron chi connectivity index (χ1n) is 5.73. The van der Waals surface area contributed by atoms with Gasteiger partial charge in [0.15, 0.2) is 5.15 Å². The maximum Gasteiger partial charge on any atom is 0.266 e. The van der Waals surface area contributed by atoms with Gasteiger partial charge in [0.2, 0.25) is 0 Å². The third-order valence-corrected chi connectivity index (χ3v) is 4.61. The van der Waals surface area contributed by atoms with Gasteiger partial charge in [-0.15, -0.1) is 0 Å².